The molecule has 0 unspecified atom stereocenters. The van der Waals surface area contributed by atoms with Gasteiger partial charge in [0.05, 0.1) is 10.0 Å². The van der Waals surface area contributed by atoms with Gasteiger partial charge in [0.1, 0.15) is 5.69 Å². The number of rotatable bonds is 1. The summed E-state index contributed by atoms with van der Waals surface area (Å²) in [6.45, 7) is 1.18. The highest BCUT2D eigenvalue weighted by Gasteiger charge is 2.16. The molecule has 76 valence electrons. The number of halogens is 3. The Morgan fingerprint density at radius 2 is 1.71 bits per heavy atom. The third-order valence-corrected chi connectivity index (χ3v) is 2.29. The maximum atomic E-state index is 10.9. The van der Waals surface area contributed by atoms with Gasteiger partial charge >= 0.3 is 0 Å². The topological polar surface area (TPSA) is 40.5 Å². The molecule has 0 saturated heterocycles. The molecule has 1 rings (SSSR count). The summed E-state index contributed by atoms with van der Waals surface area (Å²) >= 11 is 17.2. The summed E-state index contributed by atoms with van der Waals surface area (Å²) in [6.07, 6.45) is 0. The second-order valence-corrected chi connectivity index (χ2v) is 3.80. The van der Waals surface area contributed by atoms with E-state index >= 15 is 0 Å². The molecular weight excluding hydrogens is 248 g/mol. The molecule has 0 spiro atoms. The Morgan fingerprint density at radius 3 is 2.07 bits per heavy atom. The third kappa shape index (κ3) is 2.30. The second-order valence-electron chi connectivity index (χ2n) is 2.55. The molecule has 0 aliphatic carbocycles. The van der Waals surface area contributed by atoms with Crippen LogP contribution in [-0.4, -0.2) is 11.1 Å². The minimum absolute atomic E-state index is 0.0326. The van der Waals surface area contributed by atoms with Gasteiger partial charge in [0.2, 0.25) is 5.91 Å². The van der Waals surface area contributed by atoms with Crippen LogP contribution in [0.15, 0.2) is 12.1 Å². The highest BCUT2D eigenvalue weighted by Crippen LogP contribution is 2.35. The van der Waals surface area contributed by atoms with Gasteiger partial charge in [0, 0.05) is 11.9 Å². The average Bonchev–Trinajstić information content (AvgIpc) is 2.01. The normalized spacial score (nSPS) is 10.1. The van der Waals surface area contributed by atoms with E-state index in [1.165, 1.54) is 19.1 Å². The Hall–Kier alpha value is -0.480. The van der Waals surface area contributed by atoms with Crippen molar-refractivity contribution in [3.63, 3.8) is 0 Å². The molecule has 6 heteroatoms. The minimum Gasteiger partial charge on any atom is -0.281 e. The summed E-state index contributed by atoms with van der Waals surface area (Å²) in [6, 6.07) is 2.77. The molecule has 1 amide bonds. The van der Waals surface area contributed by atoms with E-state index in [9.17, 15) is 10.0 Å². The fraction of sp³-hybridized carbons (Fsp3) is 0.125. The van der Waals surface area contributed by atoms with E-state index in [2.05, 4.69) is 0 Å². The lowest BCUT2D eigenvalue weighted by Gasteiger charge is -2.15. The average molecular weight is 254 g/mol. The third-order valence-electron chi connectivity index (χ3n) is 1.49. The van der Waals surface area contributed by atoms with Crippen molar-refractivity contribution in [2.75, 3.05) is 5.06 Å². The van der Waals surface area contributed by atoms with Crippen molar-refractivity contribution >= 4 is 46.4 Å². The van der Waals surface area contributed by atoms with Gasteiger partial charge in [-0.3, -0.25) is 10.0 Å². The Balaban J connectivity index is 3.27. The van der Waals surface area contributed by atoms with Crippen molar-refractivity contribution in [1.29, 1.82) is 0 Å². The molecule has 1 aromatic rings. The zero-order chi connectivity index (χ0) is 10.9. The summed E-state index contributed by atoms with van der Waals surface area (Å²) in [7, 11) is 0. The summed E-state index contributed by atoms with van der Waals surface area (Å²) < 4.78 is 0. The van der Waals surface area contributed by atoms with Crippen molar-refractivity contribution in [2.24, 2.45) is 0 Å². The monoisotopic (exact) mass is 253 g/mol. The lowest BCUT2D eigenvalue weighted by atomic mass is 10.3. The first-order valence-corrected chi connectivity index (χ1v) is 4.71. The smallest absolute Gasteiger partial charge is 0.247 e. The molecule has 0 aliphatic rings. The first-order chi connectivity index (χ1) is 6.43. The molecule has 1 aromatic carbocycles. The van der Waals surface area contributed by atoms with Crippen molar-refractivity contribution < 1.29 is 10.0 Å². The highest BCUT2D eigenvalue weighted by atomic mass is 35.5. The van der Waals surface area contributed by atoms with Crippen LogP contribution in [-0.2, 0) is 4.79 Å². The molecular formula is C8H6Cl3NO2. The SMILES string of the molecule is CC(=O)N(O)c1c(Cl)cc(Cl)cc1Cl. The van der Waals surface area contributed by atoms with Gasteiger partial charge in [-0.05, 0) is 12.1 Å². The fourth-order valence-corrected chi connectivity index (χ4v) is 1.87. The van der Waals surface area contributed by atoms with E-state index in [0.29, 0.717) is 10.1 Å². The van der Waals surface area contributed by atoms with Crippen LogP contribution in [0.5, 0.6) is 0 Å². The molecule has 0 bridgehead atoms. The molecule has 0 aliphatic heterocycles. The molecule has 3 nitrogen and oxygen atoms in total. The Labute approximate surface area is 95.7 Å². The van der Waals surface area contributed by atoms with Crippen LogP contribution in [0.4, 0.5) is 5.69 Å². The van der Waals surface area contributed by atoms with Gasteiger partial charge < -0.3 is 0 Å². The number of nitrogens with zero attached hydrogens (tertiary/aromatic N) is 1. The Morgan fingerprint density at radius 1 is 1.29 bits per heavy atom. The molecule has 0 fully saturated rings. The highest BCUT2D eigenvalue weighted by molar-refractivity contribution is 6.42. The van der Waals surface area contributed by atoms with Crippen LogP contribution >= 0.6 is 34.8 Å². The van der Waals surface area contributed by atoms with Crippen LogP contribution in [0.25, 0.3) is 0 Å². The van der Waals surface area contributed by atoms with E-state index in [1.807, 2.05) is 0 Å². The number of hydroxylamine groups is 1. The Kier molecular flexibility index (Phi) is 3.61. The number of hydrogen-bond acceptors (Lipinski definition) is 2. The van der Waals surface area contributed by atoms with Crippen molar-refractivity contribution in [2.45, 2.75) is 6.92 Å². The largest absolute Gasteiger partial charge is 0.281 e. The van der Waals surface area contributed by atoms with Crippen LogP contribution in [0.1, 0.15) is 6.92 Å². The van der Waals surface area contributed by atoms with Crippen LogP contribution in [0, 0.1) is 0 Å². The van der Waals surface area contributed by atoms with E-state index in [0.717, 1.165) is 0 Å². The summed E-state index contributed by atoms with van der Waals surface area (Å²) in [4.78, 5) is 10.9. The maximum absolute atomic E-state index is 10.9. The molecule has 0 atom stereocenters. The van der Waals surface area contributed by atoms with Crippen LogP contribution in [0.2, 0.25) is 15.1 Å². The molecule has 0 heterocycles. The number of carbonyl (C=O) groups is 1. The second kappa shape index (κ2) is 4.36. The predicted octanol–water partition coefficient (Wildman–Crippen LogP) is 3.39. The van der Waals surface area contributed by atoms with E-state index < -0.39 is 5.91 Å². The zero-order valence-corrected chi connectivity index (χ0v) is 9.36. The lowest BCUT2D eigenvalue weighted by molar-refractivity contribution is -0.121. The maximum Gasteiger partial charge on any atom is 0.247 e. The number of anilines is 1. The van der Waals surface area contributed by atoms with Gasteiger partial charge in [0.25, 0.3) is 0 Å². The fourth-order valence-electron chi connectivity index (χ4n) is 0.894. The van der Waals surface area contributed by atoms with Gasteiger partial charge in [0.15, 0.2) is 0 Å². The number of benzene rings is 1. The molecule has 0 saturated carbocycles. The summed E-state index contributed by atoms with van der Waals surface area (Å²) in [5.41, 5.74) is 0.0326. The minimum atomic E-state index is -0.587. The lowest BCUT2D eigenvalue weighted by Crippen LogP contribution is -2.24. The van der Waals surface area contributed by atoms with Crippen LogP contribution < -0.4 is 5.06 Å². The molecule has 0 aromatic heterocycles. The zero-order valence-electron chi connectivity index (χ0n) is 7.09. The number of amides is 1. The van der Waals surface area contributed by atoms with Crippen molar-refractivity contribution in [1.82, 2.24) is 0 Å². The standard InChI is InChI=1S/C8H6Cl3NO2/c1-4(13)12(14)8-6(10)2-5(9)3-7(8)11/h2-3,14H,1H3. The molecule has 0 radical (unpaired) electrons. The van der Waals surface area contributed by atoms with E-state index in [4.69, 9.17) is 34.8 Å². The first kappa shape index (κ1) is 11.6. The van der Waals surface area contributed by atoms with Crippen molar-refractivity contribution in [3.05, 3.63) is 27.2 Å². The number of hydrogen-bond donors (Lipinski definition) is 1. The van der Waals surface area contributed by atoms with Gasteiger partial charge in [-0.15, -0.1) is 0 Å². The van der Waals surface area contributed by atoms with Gasteiger partial charge in [-0.25, -0.2) is 0 Å². The molecule has 1 N–H and O–H groups in total. The predicted molar refractivity (Wildman–Crippen MR) is 56.4 cm³/mol. The van der Waals surface area contributed by atoms with E-state index in [-0.39, 0.29) is 15.7 Å². The first-order valence-electron chi connectivity index (χ1n) is 3.57. The van der Waals surface area contributed by atoms with Crippen molar-refractivity contribution in [3.8, 4) is 0 Å². The van der Waals surface area contributed by atoms with E-state index in [1.54, 1.807) is 0 Å². The quantitative estimate of drug-likeness (QED) is 0.616. The van der Waals surface area contributed by atoms with Gasteiger partial charge in [-0.1, -0.05) is 34.8 Å². The van der Waals surface area contributed by atoms with Gasteiger partial charge in [-0.2, -0.15) is 5.06 Å². The Bertz CT molecular complexity index is 358. The molecule has 14 heavy (non-hydrogen) atoms. The summed E-state index contributed by atoms with van der Waals surface area (Å²) in [5, 5.41) is 10.3. The summed E-state index contributed by atoms with van der Waals surface area (Å²) in [5.74, 6) is -0.587. The van der Waals surface area contributed by atoms with Crippen LogP contribution in [0.3, 0.4) is 0 Å². The number of carbonyl (C=O) groups excluding carboxylic acids is 1.